The van der Waals surface area contributed by atoms with Crippen LogP contribution >= 0.6 is 0 Å². The lowest BCUT2D eigenvalue weighted by atomic mass is 10.1. The Kier molecular flexibility index (Phi) is 4.72. The van der Waals surface area contributed by atoms with E-state index in [4.69, 9.17) is 23.4 Å². The van der Waals surface area contributed by atoms with Crippen molar-refractivity contribution in [1.82, 2.24) is 0 Å². The molecule has 142 valence electrons. The number of rotatable bonds is 5. The smallest absolute Gasteiger partial charge is 0.211 e. The zero-order valence-electron chi connectivity index (χ0n) is 15.2. The van der Waals surface area contributed by atoms with Crippen molar-refractivity contribution < 1.29 is 33.6 Å². The lowest BCUT2D eigenvalue weighted by molar-refractivity contribution is 0.311. The number of ether oxygens (including phenoxy) is 4. The molecule has 0 aliphatic carbocycles. The third-order valence-electron chi connectivity index (χ3n) is 4.10. The van der Waals surface area contributed by atoms with Crippen LogP contribution in [0.1, 0.15) is 0 Å². The summed E-state index contributed by atoms with van der Waals surface area (Å²) in [7, 11) is 5.48. The van der Waals surface area contributed by atoms with Crippen molar-refractivity contribution in [1.29, 1.82) is 0 Å². The van der Waals surface area contributed by atoms with E-state index in [9.17, 15) is 15.0 Å². The molecule has 0 saturated carbocycles. The van der Waals surface area contributed by atoms with Gasteiger partial charge in [0.1, 0.15) is 28.2 Å². The summed E-state index contributed by atoms with van der Waals surface area (Å²) in [5, 5.41) is 20.6. The summed E-state index contributed by atoms with van der Waals surface area (Å²) < 4.78 is 26.8. The summed E-state index contributed by atoms with van der Waals surface area (Å²) in [5.41, 5.74) is -0.427. The molecule has 1 heterocycles. The van der Waals surface area contributed by atoms with Gasteiger partial charge in [-0.1, -0.05) is 6.07 Å². The van der Waals surface area contributed by atoms with Crippen LogP contribution in [0.3, 0.4) is 0 Å². The first kappa shape index (κ1) is 18.2. The Morgan fingerprint density at radius 3 is 2.15 bits per heavy atom. The normalized spacial score (nSPS) is 10.7. The SMILES string of the molecule is COc1cccc(O)c1-c1cc(=O)c2c(O)c(OC)c(OC)c(OC)c2o1. The van der Waals surface area contributed by atoms with Gasteiger partial charge in [-0.2, -0.15) is 0 Å². The predicted molar refractivity (Wildman–Crippen MR) is 97.5 cm³/mol. The summed E-state index contributed by atoms with van der Waals surface area (Å²) in [5.74, 6) is -0.157. The van der Waals surface area contributed by atoms with E-state index < -0.39 is 11.2 Å². The van der Waals surface area contributed by atoms with Crippen molar-refractivity contribution in [3.05, 3.63) is 34.5 Å². The molecule has 0 unspecified atom stereocenters. The highest BCUT2D eigenvalue weighted by atomic mass is 16.5. The van der Waals surface area contributed by atoms with Crippen LogP contribution in [-0.2, 0) is 0 Å². The highest BCUT2D eigenvalue weighted by molar-refractivity contribution is 5.95. The maximum absolute atomic E-state index is 12.7. The zero-order chi connectivity index (χ0) is 19.7. The van der Waals surface area contributed by atoms with Crippen LogP contribution in [0.25, 0.3) is 22.3 Å². The van der Waals surface area contributed by atoms with Gasteiger partial charge >= 0.3 is 0 Å². The highest BCUT2D eigenvalue weighted by Gasteiger charge is 2.27. The number of hydrogen-bond acceptors (Lipinski definition) is 8. The number of phenols is 2. The minimum atomic E-state index is -0.562. The molecule has 3 rings (SSSR count). The summed E-state index contributed by atoms with van der Waals surface area (Å²) in [4.78, 5) is 12.7. The van der Waals surface area contributed by atoms with E-state index in [1.54, 1.807) is 12.1 Å². The fourth-order valence-electron chi connectivity index (χ4n) is 2.93. The molecule has 0 aliphatic heterocycles. The van der Waals surface area contributed by atoms with E-state index in [0.717, 1.165) is 6.07 Å². The molecule has 1 aromatic heterocycles. The molecule has 27 heavy (non-hydrogen) atoms. The Bertz CT molecular complexity index is 1070. The minimum absolute atomic E-state index is 0.0346. The van der Waals surface area contributed by atoms with E-state index in [0.29, 0.717) is 5.75 Å². The summed E-state index contributed by atoms with van der Waals surface area (Å²) >= 11 is 0. The number of phenolic OH excluding ortho intramolecular Hbond substituents is 2. The molecule has 2 N–H and O–H groups in total. The largest absolute Gasteiger partial charge is 0.507 e. The molecule has 0 aliphatic rings. The zero-order valence-corrected chi connectivity index (χ0v) is 15.2. The minimum Gasteiger partial charge on any atom is -0.507 e. The van der Waals surface area contributed by atoms with Gasteiger partial charge in [0, 0.05) is 6.07 Å². The number of fused-ring (bicyclic) bond motifs is 1. The van der Waals surface area contributed by atoms with Crippen LogP contribution in [0.2, 0.25) is 0 Å². The van der Waals surface area contributed by atoms with Crippen LogP contribution in [0.5, 0.6) is 34.5 Å². The van der Waals surface area contributed by atoms with Crippen molar-refractivity contribution in [3.63, 3.8) is 0 Å². The quantitative estimate of drug-likeness (QED) is 0.702. The molecule has 0 fully saturated rings. The highest BCUT2D eigenvalue weighted by Crippen LogP contribution is 2.50. The lowest BCUT2D eigenvalue weighted by Crippen LogP contribution is -2.05. The number of aromatic hydroxyl groups is 2. The van der Waals surface area contributed by atoms with Gasteiger partial charge in [0.2, 0.25) is 17.2 Å². The van der Waals surface area contributed by atoms with Crippen molar-refractivity contribution in [2.45, 2.75) is 0 Å². The number of methoxy groups -OCH3 is 4. The molecule has 0 atom stereocenters. The molecule has 0 saturated heterocycles. The average molecular weight is 374 g/mol. The van der Waals surface area contributed by atoms with Gasteiger partial charge in [-0.25, -0.2) is 0 Å². The number of benzene rings is 2. The molecule has 0 amide bonds. The van der Waals surface area contributed by atoms with Crippen LogP contribution in [0.4, 0.5) is 0 Å². The third kappa shape index (κ3) is 2.75. The van der Waals surface area contributed by atoms with Crippen LogP contribution in [0.15, 0.2) is 33.5 Å². The molecule has 3 aromatic rings. The molecule has 8 nitrogen and oxygen atoms in total. The van der Waals surface area contributed by atoms with Crippen LogP contribution in [-0.4, -0.2) is 38.7 Å². The Hall–Kier alpha value is -3.55. The molecule has 2 aromatic carbocycles. The van der Waals surface area contributed by atoms with Gasteiger partial charge in [0.05, 0.1) is 28.4 Å². The average Bonchev–Trinajstić information content (AvgIpc) is 2.66. The fraction of sp³-hybridized carbons (Fsp3) is 0.211. The second-order valence-electron chi connectivity index (χ2n) is 5.48. The van der Waals surface area contributed by atoms with Crippen molar-refractivity contribution in [3.8, 4) is 45.8 Å². The molecular formula is C19H18O8. The second kappa shape index (κ2) is 6.99. The van der Waals surface area contributed by atoms with Gasteiger partial charge in [0.15, 0.2) is 16.8 Å². The first-order chi connectivity index (χ1) is 13.0. The van der Waals surface area contributed by atoms with E-state index in [2.05, 4.69) is 0 Å². The second-order valence-corrected chi connectivity index (χ2v) is 5.48. The van der Waals surface area contributed by atoms with E-state index >= 15 is 0 Å². The lowest BCUT2D eigenvalue weighted by Gasteiger charge is -2.16. The van der Waals surface area contributed by atoms with Crippen LogP contribution in [0, 0.1) is 0 Å². The molecular weight excluding hydrogens is 356 g/mol. The first-order valence-corrected chi connectivity index (χ1v) is 7.83. The summed E-state index contributed by atoms with van der Waals surface area (Å²) in [6.45, 7) is 0. The van der Waals surface area contributed by atoms with Crippen molar-refractivity contribution >= 4 is 11.0 Å². The van der Waals surface area contributed by atoms with Crippen LogP contribution < -0.4 is 24.4 Å². The van der Waals surface area contributed by atoms with Gasteiger partial charge in [-0.15, -0.1) is 0 Å². The van der Waals surface area contributed by atoms with E-state index in [1.807, 2.05) is 0 Å². The van der Waals surface area contributed by atoms with Gasteiger partial charge < -0.3 is 33.6 Å². The summed E-state index contributed by atoms with van der Waals surface area (Å²) in [6, 6.07) is 5.79. The Labute approximate surface area is 154 Å². The summed E-state index contributed by atoms with van der Waals surface area (Å²) in [6.07, 6.45) is 0. The van der Waals surface area contributed by atoms with Gasteiger partial charge in [0.25, 0.3) is 0 Å². The molecule has 0 bridgehead atoms. The van der Waals surface area contributed by atoms with Crippen molar-refractivity contribution in [2.75, 3.05) is 28.4 Å². The predicted octanol–water partition coefficient (Wildman–Crippen LogP) is 2.91. The van der Waals surface area contributed by atoms with Crippen molar-refractivity contribution in [2.24, 2.45) is 0 Å². The standard InChI is InChI=1S/C19H18O8/c1-23-11-7-5-6-9(20)13(11)12-8-10(21)14-15(22)17(24-2)19(26-4)18(25-3)16(14)27-12/h5-8,20,22H,1-4H3. The maximum atomic E-state index is 12.7. The van der Waals surface area contributed by atoms with E-state index in [1.165, 1.54) is 34.5 Å². The molecule has 0 spiro atoms. The third-order valence-corrected chi connectivity index (χ3v) is 4.10. The Morgan fingerprint density at radius 2 is 1.56 bits per heavy atom. The fourth-order valence-corrected chi connectivity index (χ4v) is 2.93. The topological polar surface area (TPSA) is 108 Å². The number of hydrogen-bond donors (Lipinski definition) is 2. The van der Waals surface area contributed by atoms with Gasteiger partial charge in [-0.05, 0) is 12.1 Å². The molecule has 0 radical (unpaired) electrons. The Morgan fingerprint density at radius 1 is 0.889 bits per heavy atom. The van der Waals surface area contributed by atoms with Gasteiger partial charge in [-0.3, -0.25) is 4.79 Å². The Balaban J connectivity index is 2.47. The maximum Gasteiger partial charge on any atom is 0.211 e. The first-order valence-electron chi connectivity index (χ1n) is 7.83. The van der Waals surface area contributed by atoms with E-state index in [-0.39, 0.29) is 45.3 Å². The molecule has 8 heteroatoms. The monoisotopic (exact) mass is 374 g/mol.